The lowest BCUT2D eigenvalue weighted by atomic mass is 9.98. The van der Waals surface area contributed by atoms with Crippen molar-refractivity contribution in [3.05, 3.63) is 58.1 Å². The van der Waals surface area contributed by atoms with Gasteiger partial charge in [0.2, 0.25) is 0 Å². The number of primary amides is 1. The summed E-state index contributed by atoms with van der Waals surface area (Å²) in [5.41, 5.74) is 5.61. The van der Waals surface area contributed by atoms with E-state index in [0.717, 1.165) is 16.6 Å². The summed E-state index contributed by atoms with van der Waals surface area (Å²) >= 11 is 3.32. The summed E-state index contributed by atoms with van der Waals surface area (Å²) in [5, 5.41) is 0. The number of carbonyl (C=O) groups is 2. The van der Waals surface area contributed by atoms with Gasteiger partial charge < -0.3 is 10.5 Å². The molecule has 5 nitrogen and oxygen atoms in total. The summed E-state index contributed by atoms with van der Waals surface area (Å²) in [6.07, 6.45) is -6.62. The van der Waals surface area contributed by atoms with Crippen LogP contribution >= 0.6 is 15.9 Å². The van der Waals surface area contributed by atoms with E-state index in [1.165, 1.54) is 17.0 Å². The Bertz CT molecular complexity index is 869. The van der Waals surface area contributed by atoms with Gasteiger partial charge in [0.05, 0.1) is 11.3 Å². The first kappa shape index (κ1) is 18.2. The summed E-state index contributed by atoms with van der Waals surface area (Å²) < 4.78 is 43.9. The van der Waals surface area contributed by atoms with E-state index < -0.39 is 29.8 Å². The third-order valence-electron chi connectivity index (χ3n) is 3.89. The monoisotopic (exact) mass is 428 g/mol. The van der Waals surface area contributed by atoms with Crippen LogP contribution in [0.2, 0.25) is 0 Å². The molecule has 0 radical (unpaired) electrons. The largest absolute Gasteiger partial charge is 0.436 e. The van der Waals surface area contributed by atoms with Gasteiger partial charge in [-0.2, -0.15) is 13.2 Å². The van der Waals surface area contributed by atoms with Gasteiger partial charge in [-0.05, 0) is 48.0 Å². The third kappa shape index (κ3) is 3.52. The number of hydrogen-bond donors (Lipinski definition) is 1. The molecule has 2 N–H and O–H groups in total. The lowest BCUT2D eigenvalue weighted by Crippen LogP contribution is -2.44. The van der Waals surface area contributed by atoms with Gasteiger partial charge >= 0.3 is 12.3 Å². The fourth-order valence-electron chi connectivity index (χ4n) is 2.78. The summed E-state index contributed by atoms with van der Waals surface area (Å²) in [6.45, 7) is 0. The zero-order valence-corrected chi connectivity index (χ0v) is 14.7. The number of nitrogens with zero attached hydrogens (tertiary/aromatic N) is 1. The molecule has 2 aromatic carbocycles. The van der Waals surface area contributed by atoms with E-state index in [-0.39, 0.29) is 12.1 Å². The average molecular weight is 429 g/mol. The highest BCUT2D eigenvalue weighted by Gasteiger charge is 2.37. The molecule has 0 saturated carbocycles. The molecule has 0 aromatic heterocycles. The number of rotatable bonds is 2. The van der Waals surface area contributed by atoms with Crippen LogP contribution in [0.4, 0.5) is 29.3 Å². The Morgan fingerprint density at radius 1 is 1.19 bits per heavy atom. The molecule has 1 atom stereocenters. The van der Waals surface area contributed by atoms with Crippen molar-refractivity contribution in [3.63, 3.8) is 0 Å². The summed E-state index contributed by atoms with van der Waals surface area (Å²) in [6, 6.07) is 9.28. The molecule has 0 spiro atoms. The first-order valence-corrected chi connectivity index (χ1v) is 8.22. The van der Waals surface area contributed by atoms with Gasteiger partial charge in [0.1, 0.15) is 0 Å². The van der Waals surface area contributed by atoms with Crippen LogP contribution in [-0.2, 0) is 22.1 Å². The molecule has 1 aliphatic heterocycles. The number of hydrogen-bond acceptors (Lipinski definition) is 3. The molecule has 1 heterocycles. The van der Waals surface area contributed by atoms with E-state index in [4.69, 9.17) is 10.5 Å². The lowest BCUT2D eigenvalue weighted by molar-refractivity contribution is -0.137. The maximum Gasteiger partial charge on any atom is 0.416 e. The van der Waals surface area contributed by atoms with Crippen molar-refractivity contribution >= 4 is 39.3 Å². The summed E-state index contributed by atoms with van der Waals surface area (Å²) in [5.74, 6) is -0.585. The van der Waals surface area contributed by atoms with Gasteiger partial charge in [0, 0.05) is 16.6 Å². The first-order chi connectivity index (χ1) is 12.2. The molecular formula is C17H12BrF3N2O3. The molecule has 9 heteroatoms. The number of alkyl halides is 3. The Balaban J connectivity index is 2.06. The van der Waals surface area contributed by atoms with Crippen LogP contribution in [0.1, 0.15) is 11.1 Å². The highest BCUT2D eigenvalue weighted by molar-refractivity contribution is 9.10. The van der Waals surface area contributed by atoms with Gasteiger partial charge in [-0.3, -0.25) is 9.69 Å². The number of nitrogens with two attached hydrogens (primary N) is 1. The predicted octanol–water partition coefficient (Wildman–Crippen LogP) is 4.15. The molecule has 1 aliphatic rings. The molecular weight excluding hydrogens is 417 g/mol. The lowest BCUT2D eigenvalue weighted by Gasteiger charge is -2.33. The smallest absolute Gasteiger partial charge is 0.416 e. The van der Waals surface area contributed by atoms with Crippen molar-refractivity contribution < 1.29 is 27.5 Å². The Kier molecular flexibility index (Phi) is 4.66. The van der Waals surface area contributed by atoms with Crippen LogP contribution < -0.4 is 10.6 Å². The standard InChI is InChI=1S/C17H12BrF3N2O3/c18-11-3-6-13-9(7-11)8-14(26-16(22)25)15(24)23(13)12-4-1-10(2-5-12)17(19,20)21/h1-7,14H,8H2,(H2,22,25). The molecule has 0 fully saturated rings. The van der Waals surface area contributed by atoms with Gasteiger partial charge in [-0.1, -0.05) is 15.9 Å². The van der Waals surface area contributed by atoms with Crippen molar-refractivity contribution in [3.8, 4) is 0 Å². The molecule has 0 bridgehead atoms. The number of ether oxygens (including phenoxy) is 1. The van der Waals surface area contributed by atoms with E-state index in [2.05, 4.69) is 15.9 Å². The van der Waals surface area contributed by atoms with Crippen LogP contribution in [-0.4, -0.2) is 18.1 Å². The second kappa shape index (κ2) is 6.64. The Morgan fingerprint density at radius 2 is 1.85 bits per heavy atom. The van der Waals surface area contributed by atoms with Crippen LogP contribution in [0.25, 0.3) is 0 Å². The number of amides is 2. The van der Waals surface area contributed by atoms with Crippen LogP contribution in [0, 0.1) is 0 Å². The molecule has 0 aliphatic carbocycles. The van der Waals surface area contributed by atoms with E-state index in [0.29, 0.717) is 11.3 Å². The van der Waals surface area contributed by atoms with Crippen molar-refractivity contribution in [1.82, 2.24) is 0 Å². The minimum Gasteiger partial charge on any atom is -0.436 e. The molecule has 1 unspecified atom stereocenters. The summed E-state index contributed by atoms with van der Waals surface area (Å²) in [7, 11) is 0. The molecule has 3 rings (SSSR count). The first-order valence-electron chi connectivity index (χ1n) is 7.42. The molecule has 2 amide bonds. The van der Waals surface area contributed by atoms with Gasteiger partial charge in [0.15, 0.2) is 6.10 Å². The second-order valence-corrected chi connectivity index (χ2v) is 6.54. The van der Waals surface area contributed by atoms with E-state index in [1.54, 1.807) is 18.2 Å². The number of benzene rings is 2. The Labute approximate surface area is 154 Å². The van der Waals surface area contributed by atoms with E-state index in [1.807, 2.05) is 0 Å². The van der Waals surface area contributed by atoms with E-state index >= 15 is 0 Å². The Hall–Kier alpha value is -2.55. The topological polar surface area (TPSA) is 72.6 Å². The molecule has 0 saturated heterocycles. The fraction of sp³-hybridized carbons (Fsp3) is 0.176. The molecule has 26 heavy (non-hydrogen) atoms. The zero-order chi connectivity index (χ0) is 19.1. The van der Waals surface area contributed by atoms with Gasteiger partial charge in [-0.15, -0.1) is 0 Å². The predicted molar refractivity (Wildman–Crippen MR) is 90.9 cm³/mol. The van der Waals surface area contributed by atoms with Crippen LogP contribution in [0.3, 0.4) is 0 Å². The maximum atomic E-state index is 12.8. The van der Waals surface area contributed by atoms with Gasteiger partial charge in [0.25, 0.3) is 5.91 Å². The van der Waals surface area contributed by atoms with Crippen molar-refractivity contribution in [2.24, 2.45) is 5.73 Å². The van der Waals surface area contributed by atoms with Gasteiger partial charge in [-0.25, -0.2) is 4.79 Å². The summed E-state index contributed by atoms with van der Waals surface area (Å²) in [4.78, 5) is 25.1. The van der Waals surface area contributed by atoms with Crippen molar-refractivity contribution in [2.75, 3.05) is 4.90 Å². The van der Waals surface area contributed by atoms with Crippen LogP contribution in [0.15, 0.2) is 46.9 Å². The highest BCUT2D eigenvalue weighted by Crippen LogP contribution is 2.38. The minimum absolute atomic E-state index is 0.119. The SMILES string of the molecule is NC(=O)OC1Cc2cc(Br)ccc2N(c2ccc(C(F)(F)F)cc2)C1=O. The maximum absolute atomic E-state index is 12.8. The third-order valence-corrected chi connectivity index (χ3v) is 4.39. The second-order valence-electron chi connectivity index (χ2n) is 5.62. The fourth-order valence-corrected chi connectivity index (χ4v) is 3.19. The van der Waals surface area contributed by atoms with E-state index in [9.17, 15) is 22.8 Å². The average Bonchev–Trinajstić information content (AvgIpc) is 2.55. The normalized spacial score (nSPS) is 17.0. The molecule has 2 aromatic rings. The van der Waals surface area contributed by atoms with Crippen LogP contribution in [0.5, 0.6) is 0 Å². The zero-order valence-electron chi connectivity index (χ0n) is 13.1. The highest BCUT2D eigenvalue weighted by atomic mass is 79.9. The van der Waals surface area contributed by atoms with Crippen molar-refractivity contribution in [1.29, 1.82) is 0 Å². The number of carbonyl (C=O) groups excluding carboxylic acids is 2. The Morgan fingerprint density at radius 3 is 2.42 bits per heavy atom. The number of halogens is 4. The minimum atomic E-state index is -4.48. The number of fused-ring (bicyclic) bond motifs is 1. The quantitative estimate of drug-likeness (QED) is 0.780. The van der Waals surface area contributed by atoms with Crippen molar-refractivity contribution in [2.45, 2.75) is 18.7 Å². The molecule has 136 valence electrons. The number of anilines is 2.